The number of rotatable bonds is 5. The number of carbonyl (C=O) groups excluding carboxylic acids is 1. The van der Waals surface area contributed by atoms with Crippen LogP contribution in [0.1, 0.15) is 44.9 Å². The van der Waals surface area contributed by atoms with Crippen molar-refractivity contribution in [1.82, 2.24) is 5.32 Å². The zero-order valence-corrected chi connectivity index (χ0v) is 11.0. The molecule has 1 rings (SSSR count). The molecule has 18 heavy (non-hydrogen) atoms. The van der Waals surface area contributed by atoms with Crippen molar-refractivity contribution in [2.75, 3.05) is 5.88 Å². The SMILES string of the molecule is O=C(CCCCCl)NC1CCCCC1C(F)(F)F. The number of carbonyl (C=O) groups is 1. The zero-order chi connectivity index (χ0) is 13.6. The van der Waals surface area contributed by atoms with E-state index in [2.05, 4.69) is 5.32 Å². The number of hydrogen-bond donors (Lipinski definition) is 1. The number of alkyl halides is 4. The second kappa shape index (κ2) is 7.22. The molecule has 0 spiro atoms. The molecule has 1 N–H and O–H groups in total. The van der Waals surface area contributed by atoms with Gasteiger partial charge in [-0.3, -0.25) is 4.79 Å². The van der Waals surface area contributed by atoms with E-state index in [1.807, 2.05) is 0 Å². The minimum Gasteiger partial charge on any atom is -0.353 e. The van der Waals surface area contributed by atoms with Crippen LogP contribution in [-0.2, 0) is 4.79 Å². The fraction of sp³-hybridized carbons (Fsp3) is 0.917. The smallest absolute Gasteiger partial charge is 0.353 e. The summed E-state index contributed by atoms with van der Waals surface area (Å²) in [4.78, 5) is 11.5. The summed E-state index contributed by atoms with van der Waals surface area (Å²) in [5, 5.41) is 2.53. The Balaban J connectivity index is 2.44. The molecule has 2 nitrogen and oxygen atoms in total. The molecule has 0 saturated heterocycles. The van der Waals surface area contributed by atoms with Gasteiger partial charge in [0, 0.05) is 18.3 Å². The summed E-state index contributed by atoms with van der Waals surface area (Å²) in [5.74, 6) is -1.20. The van der Waals surface area contributed by atoms with Gasteiger partial charge in [0.1, 0.15) is 0 Å². The Bertz CT molecular complexity index is 271. The summed E-state index contributed by atoms with van der Waals surface area (Å²) in [7, 11) is 0. The first-order chi connectivity index (χ1) is 8.45. The van der Waals surface area contributed by atoms with Crippen molar-refractivity contribution in [2.24, 2.45) is 5.92 Å². The van der Waals surface area contributed by atoms with E-state index in [1.165, 1.54) is 0 Å². The van der Waals surface area contributed by atoms with E-state index in [0.717, 1.165) is 6.42 Å². The Morgan fingerprint density at radius 3 is 2.50 bits per heavy atom. The van der Waals surface area contributed by atoms with Gasteiger partial charge in [-0.05, 0) is 25.7 Å². The summed E-state index contributed by atoms with van der Waals surface area (Å²) in [6.07, 6.45) is -0.743. The van der Waals surface area contributed by atoms with Crippen molar-refractivity contribution in [3.05, 3.63) is 0 Å². The lowest BCUT2D eigenvalue weighted by molar-refractivity contribution is -0.189. The number of amides is 1. The van der Waals surface area contributed by atoms with Gasteiger partial charge in [0.2, 0.25) is 5.91 Å². The Labute approximate surface area is 110 Å². The highest BCUT2D eigenvalue weighted by Gasteiger charge is 2.45. The molecule has 1 aliphatic carbocycles. The molecule has 1 aliphatic rings. The van der Waals surface area contributed by atoms with Gasteiger partial charge < -0.3 is 5.32 Å². The lowest BCUT2D eigenvalue weighted by Gasteiger charge is -2.33. The monoisotopic (exact) mass is 285 g/mol. The predicted octanol–water partition coefficient (Wildman–Crippen LogP) is 3.63. The van der Waals surface area contributed by atoms with Crippen LogP contribution in [-0.4, -0.2) is 24.0 Å². The van der Waals surface area contributed by atoms with Crippen LogP contribution in [0.3, 0.4) is 0 Å². The van der Waals surface area contributed by atoms with Crippen molar-refractivity contribution in [2.45, 2.75) is 57.2 Å². The average Bonchev–Trinajstić information content (AvgIpc) is 2.28. The maximum atomic E-state index is 12.8. The van der Waals surface area contributed by atoms with Gasteiger partial charge in [0.05, 0.1) is 5.92 Å². The fourth-order valence-corrected chi connectivity index (χ4v) is 2.54. The van der Waals surface area contributed by atoms with E-state index < -0.39 is 18.1 Å². The number of unbranched alkanes of at least 4 members (excludes halogenated alkanes) is 1. The largest absolute Gasteiger partial charge is 0.393 e. The van der Waals surface area contributed by atoms with Crippen LogP contribution >= 0.6 is 11.6 Å². The van der Waals surface area contributed by atoms with Crippen molar-refractivity contribution in [1.29, 1.82) is 0 Å². The third-order valence-corrected chi connectivity index (χ3v) is 3.59. The van der Waals surface area contributed by atoms with Gasteiger partial charge in [-0.25, -0.2) is 0 Å². The molecule has 106 valence electrons. The minimum atomic E-state index is -4.21. The number of halogens is 4. The summed E-state index contributed by atoms with van der Waals surface area (Å²) >= 11 is 5.48. The molecule has 0 aromatic carbocycles. The van der Waals surface area contributed by atoms with Gasteiger partial charge in [-0.15, -0.1) is 11.6 Å². The molecular weight excluding hydrogens is 267 g/mol. The van der Waals surface area contributed by atoms with E-state index in [9.17, 15) is 18.0 Å². The first kappa shape index (κ1) is 15.6. The van der Waals surface area contributed by atoms with E-state index in [1.54, 1.807) is 0 Å². The fourth-order valence-electron chi connectivity index (χ4n) is 2.35. The van der Waals surface area contributed by atoms with E-state index in [4.69, 9.17) is 11.6 Å². The summed E-state index contributed by atoms with van der Waals surface area (Å²) in [6, 6.07) is -0.748. The molecule has 1 fully saturated rings. The molecule has 0 aromatic rings. The van der Waals surface area contributed by atoms with E-state index >= 15 is 0 Å². The van der Waals surface area contributed by atoms with Crippen LogP contribution in [0, 0.1) is 5.92 Å². The molecule has 1 amide bonds. The van der Waals surface area contributed by atoms with E-state index in [0.29, 0.717) is 31.6 Å². The molecule has 1 saturated carbocycles. The maximum absolute atomic E-state index is 12.8. The highest BCUT2D eigenvalue weighted by molar-refractivity contribution is 6.17. The molecule has 0 radical (unpaired) electrons. The van der Waals surface area contributed by atoms with Crippen LogP contribution in [0.4, 0.5) is 13.2 Å². The highest BCUT2D eigenvalue weighted by Crippen LogP contribution is 2.37. The molecule has 0 heterocycles. The second-order valence-corrected chi connectivity index (χ2v) is 5.13. The van der Waals surface area contributed by atoms with Crippen molar-refractivity contribution >= 4 is 17.5 Å². The minimum absolute atomic E-state index is 0.121. The summed E-state index contributed by atoms with van der Waals surface area (Å²) in [5.41, 5.74) is 0. The lowest BCUT2D eigenvalue weighted by Crippen LogP contribution is -2.47. The zero-order valence-electron chi connectivity index (χ0n) is 10.2. The normalized spacial score (nSPS) is 24.9. The Hall–Kier alpha value is -0.450. The molecular formula is C12H19ClF3NO. The third kappa shape index (κ3) is 5.04. The van der Waals surface area contributed by atoms with E-state index in [-0.39, 0.29) is 18.7 Å². The third-order valence-electron chi connectivity index (χ3n) is 3.32. The maximum Gasteiger partial charge on any atom is 0.393 e. The molecule has 0 aromatic heterocycles. The highest BCUT2D eigenvalue weighted by atomic mass is 35.5. The van der Waals surface area contributed by atoms with Crippen LogP contribution in [0.5, 0.6) is 0 Å². The van der Waals surface area contributed by atoms with Crippen LogP contribution < -0.4 is 5.32 Å². The molecule has 6 heteroatoms. The van der Waals surface area contributed by atoms with Gasteiger partial charge in [-0.2, -0.15) is 13.2 Å². The number of nitrogens with one attached hydrogen (secondary N) is 1. The number of hydrogen-bond acceptors (Lipinski definition) is 1. The van der Waals surface area contributed by atoms with Crippen molar-refractivity contribution in [3.63, 3.8) is 0 Å². The molecule has 0 bridgehead atoms. The Kier molecular flexibility index (Phi) is 6.26. The Morgan fingerprint density at radius 1 is 1.22 bits per heavy atom. The van der Waals surface area contributed by atoms with Crippen molar-refractivity contribution < 1.29 is 18.0 Å². The standard InChI is InChI=1S/C12H19ClF3NO/c13-8-4-3-7-11(18)17-10-6-2-1-5-9(10)12(14,15)16/h9-10H,1-8H2,(H,17,18). The van der Waals surface area contributed by atoms with Crippen molar-refractivity contribution in [3.8, 4) is 0 Å². The predicted molar refractivity (Wildman–Crippen MR) is 64.5 cm³/mol. The Morgan fingerprint density at radius 2 is 1.89 bits per heavy atom. The van der Waals surface area contributed by atoms with Gasteiger partial charge in [-0.1, -0.05) is 12.8 Å². The lowest BCUT2D eigenvalue weighted by atomic mass is 9.84. The summed E-state index contributed by atoms with van der Waals surface area (Å²) in [6.45, 7) is 0. The van der Waals surface area contributed by atoms with Crippen LogP contribution in [0.2, 0.25) is 0 Å². The van der Waals surface area contributed by atoms with Gasteiger partial charge in [0.25, 0.3) is 0 Å². The first-order valence-corrected chi connectivity index (χ1v) is 6.90. The molecule has 0 aliphatic heterocycles. The summed E-state index contributed by atoms with van der Waals surface area (Å²) < 4.78 is 38.3. The van der Waals surface area contributed by atoms with Gasteiger partial charge >= 0.3 is 6.18 Å². The topological polar surface area (TPSA) is 29.1 Å². The first-order valence-electron chi connectivity index (χ1n) is 6.37. The molecule has 2 unspecified atom stereocenters. The quantitative estimate of drug-likeness (QED) is 0.606. The average molecular weight is 286 g/mol. The van der Waals surface area contributed by atoms with Crippen LogP contribution in [0.15, 0.2) is 0 Å². The van der Waals surface area contributed by atoms with Crippen LogP contribution in [0.25, 0.3) is 0 Å². The van der Waals surface area contributed by atoms with Gasteiger partial charge in [0.15, 0.2) is 0 Å². The molecule has 2 atom stereocenters. The second-order valence-electron chi connectivity index (χ2n) is 4.75.